The van der Waals surface area contributed by atoms with E-state index in [2.05, 4.69) is 17.3 Å². The zero-order valence-corrected chi connectivity index (χ0v) is 16.6. The van der Waals surface area contributed by atoms with E-state index in [-0.39, 0.29) is 12.5 Å². The molecule has 1 amide bonds. The zero-order chi connectivity index (χ0) is 20.5. The first-order valence-electron chi connectivity index (χ1n) is 9.49. The Bertz CT molecular complexity index is 905. The van der Waals surface area contributed by atoms with Crippen LogP contribution in [0.25, 0.3) is 5.69 Å². The highest BCUT2D eigenvalue weighted by Gasteiger charge is 2.06. The highest BCUT2D eigenvalue weighted by molar-refractivity contribution is 5.77. The number of nitrogens with one attached hydrogen (secondary N) is 1. The molecule has 7 heteroatoms. The summed E-state index contributed by atoms with van der Waals surface area (Å²) in [4.78, 5) is 12.0. The van der Waals surface area contributed by atoms with Gasteiger partial charge in [-0.25, -0.2) is 4.68 Å². The fourth-order valence-corrected chi connectivity index (χ4v) is 2.58. The third kappa shape index (κ3) is 6.00. The van der Waals surface area contributed by atoms with Gasteiger partial charge in [0.05, 0.1) is 31.6 Å². The predicted molar refractivity (Wildman–Crippen MR) is 110 cm³/mol. The highest BCUT2D eigenvalue weighted by atomic mass is 16.5. The number of ether oxygens (including phenoxy) is 3. The van der Waals surface area contributed by atoms with Crippen molar-refractivity contribution < 1.29 is 19.0 Å². The van der Waals surface area contributed by atoms with Gasteiger partial charge in [-0.3, -0.25) is 4.79 Å². The van der Waals surface area contributed by atoms with Gasteiger partial charge in [-0.05, 0) is 61.0 Å². The molecule has 0 saturated carbocycles. The lowest BCUT2D eigenvalue weighted by atomic mass is 10.3. The van der Waals surface area contributed by atoms with Crippen molar-refractivity contribution in [3.63, 3.8) is 0 Å². The van der Waals surface area contributed by atoms with E-state index in [0.717, 1.165) is 29.3 Å². The van der Waals surface area contributed by atoms with E-state index in [0.29, 0.717) is 18.9 Å². The molecule has 0 aliphatic carbocycles. The van der Waals surface area contributed by atoms with Gasteiger partial charge in [0.2, 0.25) is 0 Å². The maximum atomic E-state index is 12.0. The molecule has 29 heavy (non-hydrogen) atoms. The molecule has 1 heterocycles. The number of rotatable bonds is 10. The van der Waals surface area contributed by atoms with Gasteiger partial charge in [0.15, 0.2) is 6.61 Å². The van der Waals surface area contributed by atoms with Crippen molar-refractivity contribution in [2.75, 3.05) is 20.3 Å². The molecule has 0 saturated heterocycles. The zero-order valence-electron chi connectivity index (χ0n) is 16.6. The summed E-state index contributed by atoms with van der Waals surface area (Å²) in [6.07, 6.45) is 2.80. The molecule has 1 N–H and O–H groups in total. The first-order chi connectivity index (χ1) is 14.2. The van der Waals surface area contributed by atoms with E-state index in [9.17, 15) is 4.79 Å². The van der Waals surface area contributed by atoms with E-state index in [1.54, 1.807) is 23.9 Å². The van der Waals surface area contributed by atoms with E-state index in [1.165, 1.54) is 0 Å². The van der Waals surface area contributed by atoms with Crippen LogP contribution in [-0.4, -0.2) is 36.0 Å². The molecule has 0 spiro atoms. The number of amides is 1. The summed E-state index contributed by atoms with van der Waals surface area (Å²) in [6.45, 7) is 3.00. The Morgan fingerprint density at radius 1 is 0.966 bits per heavy atom. The Morgan fingerprint density at radius 2 is 1.62 bits per heavy atom. The minimum Gasteiger partial charge on any atom is -0.497 e. The Hall–Kier alpha value is -3.48. The topological polar surface area (TPSA) is 74.6 Å². The van der Waals surface area contributed by atoms with Crippen LogP contribution in [0.4, 0.5) is 0 Å². The van der Waals surface area contributed by atoms with Gasteiger partial charge < -0.3 is 19.5 Å². The molecule has 3 aromatic rings. The lowest BCUT2D eigenvalue weighted by Gasteiger charge is -2.08. The molecule has 0 aliphatic rings. The smallest absolute Gasteiger partial charge is 0.258 e. The molecule has 7 nitrogen and oxygen atoms in total. The van der Waals surface area contributed by atoms with Gasteiger partial charge in [-0.15, -0.1) is 0 Å². The fraction of sp³-hybridized carbons (Fsp3) is 0.273. The lowest BCUT2D eigenvalue weighted by Crippen LogP contribution is -2.28. The largest absolute Gasteiger partial charge is 0.497 e. The molecular formula is C22H25N3O4. The second-order valence-electron chi connectivity index (χ2n) is 6.33. The van der Waals surface area contributed by atoms with Crippen molar-refractivity contribution in [1.29, 1.82) is 0 Å². The summed E-state index contributed by atoms with van der Waals surface area (Å²) in [5.74, 6) is 1.98. The van der Waals surface area contributed by atoms with Crippen LogP contribution in [0.2, 0.25) is 0 Å². The number of benzene rings is 2. The van der Waals surface area contributed by atoms with Crippen molar-refractivity contribution in [1.82, 2.24) is 15.1 Å². The van der Waals surface area contributed by atoms with Crippen LogP contribution in [0.5, 0.6) is 17.2 Å². The number of carbonyl (C=O) groups is 1. The minimum atomic E-state index is -0.213. The molecule has 0 unspecified atom stereocenters. The van der Waals surface area contributed by atoms with Gasteiger partial charge >= 0.3 is 0 Å². The first-order valence-corrected chi connectivity index (χ1v) is 9.49. The molecule has 2 aromatic carbocycles. The van der Waals surface area contributed by atoms with Gasteiger partial charge in [0.25, 0.3) is 5.91 Å². The van der Waals surface area contributed by atoms with Crippen molar-refractivity contribution in [2.24, 2.45) is 0 Å². The van der Waals surface area contributed by atoms with E-state index in [4.69, 9.17) is 14.2 Å². The van der Waals surface area contributed by atoms with Crippen molar-refractivity contribution in [3.8, 4) is 22.9 Å². The third-order valence-electron chi connectivity index (χ3n) is 4.11. The SMILES string of the molecule is CCCOc1ccc(OCC(=O)NCc2ccn(-c3ccc(OC)cc3)n2)cc1. The fourth-order valence-electron chi connectivity index (χ4n) is 2.58. The number of aromatic nitrogens is 2. The van der Waals surface area contributed by atoms with E-state index in [1.807, 2.05) is 48.7 Å². The van der Waals surface area contributed by atoms with Crippen LogP contribution < -0.4 is 19.5 Å². The van der Waals surface area contributed by atoms with E-state index >= 15 is 0 Å². The van der Waals surface area contributed by atoms with Gasteiger partial charge in [-0.1, -0.05) is 6.92 Å². The van der Waals surface area contributed by atoms with Gasteiger partial charge in [0, 0.05) is 6.20 Å². The number of hydrogen-bond acceptors (Lipinski definition) is 5. The number of methoxy groups -OCH3 is 1. The van der Waals surface area contributed by atoms with E-state index < -0.39 is 0 Å². The molecule has 0 fully saturated rings. The standard InChI is InChI=1S/C22H25N3O4/c1-3-14-28-20-8-10-21(11-9-20)29-16-22(26)23-15-17-12-13-25(24-17)18-4-6-19(27-2)7-5-18/h4-13H,3,14-16H2,1-2H3,(H,23,26). The van der Waals surface area contributed by atoms with Crippen LogP contribution in [-0.2, 0) is 11.3 Å². The molecule has 0 radical (unpaired) electrons. The Kier molecular flexibility index (Phi) is 7.10. The molecule has 3 rings (SSSR count). The average molecular weight is 395 g/mol. The normalized spacial score (nSPS) is 10.4. The summed E-state index contributed by atoms with van der Waals surface area (Å²) < 4.78 is 17.9. The van der Waals surface area contributed by atoms with Crippen LogP contribution in [0.3, 0.4) is 0 Å². The Labute approximate surface area is 170 Å². The second kappa shape index (κ2) is 10.2. The summed E-state index contributed by atoms with van der Waals surface area (Å²) in [5.41, 5.74) is 1.67. The number of hydrogen-bond donors (Lipinski definition) is 1. The van der Waals surface area contributed by atoms with Crippen LogP contribution in [0, 0.1) is 0 Å². The summed E-state index contributed by atoms with van der Waals surface area (Å²) in [5, 5.41) is 7.27. The van der Waals surface area contributed by atoms with Crippen LogP contribution in [0.15, 0.2) is 60.8 Å². The maximum absolute atomic E-state index is 12.0. The Balaban J connectivity index is 1.44. The quantitative estimate of drug-likeness (QED) is 0.570. The molecule has 0 aliphatic heterocycles. The summed E-state index contributed by atoms with van der Waals surface area (Å²) in [7, 11) is 1.63. The minimum absolute atomic E-state index is 0.0612. The number of nitrogens with zero attached hydrogens (tertiary/aromatic N) is 2. The molecule has 0 atom stereocenters. The van der Waals surface area contributed by atoms with Crippen molar-refractivity contribution in [2.45, 2.75) is 19.9 Å². The maximum Gasteiger partial charge on any atom is 0.258 e. The second-order valence-corrected chi connectivity index (χ2v) is 6.33. The van der Waals surface area contributed by atoms with Gasteiger partial charge in [0.1, 0.15) is 17.2 Å². The van der Waals surface area contributed by atoms with Crippen molar-refractivity contribution >= 4 is 5.91 Å². The summed E-state index contributed by atoms with van der Waals surface area (Å²) >= 11 is 0. The predicted octanol–water partition coefficient (Wildman–Crippen LogP) is 3.36. The monoisotopic (exact) mass is 395 g/mol. The first kappa shape index (κ1) is 20.3. The van der Waals surface area contributed by atoms with Crippen LogP contribution in [0.1, 0.15) is 19.0 Å². The molecule has 1 aromatic heterocycles. The lowest BCUT2D eigenvalue weighted by molar-refractivity contribution is -0.123. The molecular weight excluding hydrogens is 370 g/mol. The Morgan fingerprint density at radius 3 is 2.28 bits per heavy atom. The van der Waals surface area contributed by atoms with Crippen LogP contribution >= 0.6 is 0 Å². The molecule has 0 bridgehead atoms. The summed E-state index contributed by atoms with van der Waals surface area (Å²) in [6, 6.07) is 16.7. The average Bonchev–Trinajstić information content (AvgIpc) is 3.24. The highest BCUT2D eigenvalue weighted by Crippen LogP contribution is 2.18. The van der Waals surface area contributed by atoms with Gasteiger partial charge in [-0.2, -0.15) is 5.10 Å². The van der Waals surface area contributed by atoms with Crippen molar-refractivity contribution in [3.05, 3.63) is 66.5 Å². The molecule has 152 valence electrons. The number of carbonyl (C=O) groups excluding carboxylic acids is 1. The third-order valence-corrected chi connectivity index (χ3v) is 4.11.